The maximum absolute atomic E-state index is 6.16. The molecule has 1 aliphatic rings. The van der Waals surface area contributed by atoms with Gasteiger partial charge in [-0.3, -0.25) is 0 Å². The van der Waals surface area contributed by atoms with Crippen LogP contribution < -0.4 is 5.32 Å². The molecule has 1 aromatic rings. The minimum Gasteiger partial charge on any atom is -0.301 e. The van der Waals surface area contributed by atoms with Crippen molar-refractivity contribution in [2.75, 3.05) is 12.3 Å². The van der Waals surface area contributed by atoms with Crippen LogP contribution in [0.2, 0.25) is 10.0 Å². The molecule has 0 saturated carbocycles. The Morgan fingerprint density at radius 3 is 2.53 bits per heavy atom. The monoisotopic (exact) mass is 261 g/mol. The zero-order valence-electron chi connectivity index (χ0n) is 8.47. The van der Waals surface area contributed by atoms with Crippen molar-refractivity contribution in [1.29, 1.82) is 0 Å². The Labute approximate surface area is 105 Å². The third kappa shape index (κ3) is 2.62. The van der Waals surface area contributed by atoms with Crippen LogP contribution in [-0.4, -0.2) is 12.3 Å². The Morgan fingerprint density at radius 1 is 1.33 bits per heavy atom. The van der Waals surface area contributed by atoms with Gasteiger partial charge in [-0.2, -0.15) is 0 Å². The highest BCUT2D eigenvalue weighted by molar-refractivity contribution is 7.99. The van der Waals surface area contributed by atoms with Crippen molar-refractivity contribution in [1.82, 2.24) is 5.32 Å². The van der Waals surface area contributed by atoms with Crippen LogP contribution in [0.25, 0.3) is 0 Å². The molecule has 1 aliphatic heterocycles. The van der Waals surface area contributed by atoms with Gasteiger partial charge in [0, 0.05) is 15.6 Å². The van der Waals surface area contributed by atoms with Gasteiger partial charge in [0.05, 0.1) is 5.37 Å². The van der Waals surface area contributed by atoms with E-state index in [-0.39, 0.29) is 5.37 Å². The molecule has 1 aromatic carbocycles. The second kappa shape index (κ2) is 4.96. The largest absolute Gasteiger partial charge is 0.301 e. The van der Waals surface area contributed by atoms with Crippen LogP contribution in [0, 0.1) is 5.92 Å². The Balaban J connectivity index is 2.22. The smallest absolute Gasteiger partial charge is 0.0818 e. The summed E-state index contributed by atoms with van der Waals surface area (Å²) in [6, 6.07) is 5.66. The highest BCUT2D eigenvalue weighted by atomic mass is 35.5. The van der Waals surface area contributed by atoms with Crippen LogP contribution >= 0.6 is 35.0 Å². The molecule has 0 radical (unpaired) electrons. The average Bonchev–Trinajstić information content (AvgIpc) is 2.20. The molecule has 1 N–H and O–H groups in total. The maximum Gasteiger partial charge on any atom is 0.0818 e. The molecular formula is C11H13Cl2NS. The zero-order chi connectivity index (χ0) is 10.8. The number of hydrogen-bond acceptors (Lipinski definition) is 2. The number of rotatable bonds is 1. The number of benzene rings is 1. The highest BCUT2D eigenvalue weighted by Crippen LogP contribution is 2.38. The second-order valence-electron chi connectivity index (χ2n) is 3.86. The Kier molecular flexibility index (Phi) is 3.83. The van der Waals surface area contributed by atoms with Gasteiger partial charge in [-0.1, -0.05) is 36.2 Å². The van der Waals surface area contributed by atoms with Crippen molar-refractivity contribution in [3.8, 4) is 0 Å². The van der Waals surface area contributed by atoms with Gasteiger partial charge in [0.2, 0.25) is 0 Å². The Bertz CT molecular complexity index is 328. The van der Waals surface area contributed by atoms with E-state index in [0.29, 0.717) is 5.92 Å². The minimum absolute atomic E-state index is 0.238. The number of hydrogen-bond donors (Lipinski definition) is 1. The summed E-state index contributed by atoms with van der Waals surface area (Å²) in [7, 11) is 0. The first kappa shape index (κ1) is 11.6. The highest BCUT2D eigenvalue weighted by Gasteiger charge is 2.23. The van der Waals surface area contributed by atoms with E-state index in [4.69, 9.17) is 23.2 Å². The van der Waals surface area contributed by atoms with Gasteiger partial charge in [-0.25, -0.2) is 0 Å². The van der Waals surface area contributed by atoms with Gasteiger partial charge < -0.3 is 5.32 Å². The summed E-state index contributed by atoms with van der Waals surface area (Å²) >= 11 is 14.2. The van der Waals surface area contributed by atoms with E-state index in [1.165, 1.54) is 0 Å². The lowest BCUT2D eigenvalue weighted by molar-refractivity contribution is 0.530. The summed E-state index contributed by atoms with van der Waals surface area (Å²) in [6.07, 6.45) is 0. The summed E-state index contributed by atoms with van der Waals surface area (Å²) < 4.78 is 0. The van der Waals surface area contributed by atoms with Gasteiger partial charge in [0.1, 0.15) is 0 Å². The molecule has 82 valence electrons. The van der Waals surface area contributed by atoms with E-state index >= 15 is 0 Å². The first-order chi connectivity index (χ1) is 7.18. The molecule has 0 aliphatic carbocycles. The number of thioether (sulfide) groups is 1. The fraction of sp³-hybridized carbons (Fsp3) is 0.455. The molecule has 0 spiro atoms. The molecule has 1 heterocycles. The van der Waals surface area contributed by atoms with Gasteiger partial charge in [-0.15, -0.1) is 11.8 Å². The minimum atomic E-state index is 0.238. The van der Waals surface area contributed by atoms with Crippen molar-refractivity contribution < 1.29 is 0 Å². The van der Waals surface area contributed by atoms with E-state index in [1.54, 1.807) is 0 Å². The third-order valence-electron chi connectivity index (χ3n) is 2.46. The van der Waals surface area contributed by atoms with Crippen LogP contribution in [0.1, 0.15) is 17.9 Å². The lowest BCUT2D eigenvalue weighted by atomic mass is 10.2. The Morgan fingerprint density at radius 2 is 2.00 bits per heavy atom. The molecule has 4 heteroatoms. The van der Waals surface area contributed by atoms with Crippen molar-refractivity contribution in [3.63, 3.8) is 0 Å². The Hall–Kier alpha value is 0.110. The predicted octanol–water partition coefficient (Wildman–Crippen LogP) is 3.96. The summed E-state index contributed by atoms with van der Waals surface area (Å²) in [5.74, 6) is 1.87. The molecule has 1 fully saturated rings. The maximum atomic E-state index is 6.16. The van der Waals surface area contributed by atoms with Crippen molar-refractivity contribution in [2.45, 2.75) is 12.3 Å². The quantitative estimate of drug-likeness (QED) is 0.822. The molecule has 2 unspecified atom stereocenters. The average molecular weight is 262 g/mol. The molecule has 0 bridgehead atoms. The number of nitrogens with one attached hydrogen (secondary N) is 1. The molecule has 0 aromatic heterocycles. The molecule has 1 nitrogen and oxygen atoms in total. The van der Waals surface area contributed by atoms with Gasteiger partial charge in [0.15, 0.2) is 0 Å². The number of halogens is 2. The van der Waals surface area contributed by atoms with Gasteiger partial charge in [0.25, 0.3) is 0 Å². The van der Waals surface area contributed by atoms with Crippen LogP contribution in [-0.2, 0) is 0 Å². The normalized spacial score (nSPS) is 26.6. The fourth-order valence-corrected chi connectivity index (χ4v) is 3.65. The molecule has 1 saturated heterocycles. The lowest BCUT2D eigenvalue weighted by Crippen LogP contribution is -2.31. The van der Waals surface area contributed by atoms with Gasteiger partial charge in [-0.05, 0) is 30.3 Å². The molecule has 2 atom stereocenters. The first-order valence-corrected chi connectivity index (χ1v) is 6.78. The summed E-state index contributed by atoms with van der Waals surface area (Å²) in [6.45, 7) is 3.27. The summed E-state index contributed by atoms with van der Waals surface area (Å²) in [5, 5.41) is 5.20. The van der Waals surface area contributed by atoms with Gasteiger partial charge >= 0.3 is 0 Å². The molecule has 2 rings (SSSR count). The molecular weight excluding hydrogens is 249 g/mol. The van der Waals surface area contributed by atoms with E-state index in [0.717, 1.165) is 27.9 Å². The van der Waals surface area contributed by atoms with Crippen LogP contribution in [0.5, 0.6) is 0 Å². The summed E-state index contributed by atoms with van der Waals surface area (Å²) in [5.41, 5.74) is 1.03. The third-order valence-corrected chi connectivity index (χ3v) is 4.62. The van der Waals surface area contributed by atoms with E-state index in [1.807, 2.05) is 30.0 Å². The molecule has 15 heavy (non-hydrogen) atoms. The van der Waals surface area contributed by atoms with Crippen LogP contribution in [0.3, 0.4) is 0 Å². The van der Waals surface area contributed by atoms with E-state index in [2.05, 4.69) is 12.2 Å². The summed E-state index contributed by atoms with van der Waals surface area (Å²) in [4.78, 5) is 0. The standard InChI is InChI=1S/C11H13Cl2NS/c1-7-5-14-11(15-6-7)10-8(12)3-2-4-9(10)13/h2-4,7,11,14H,5-6H2,1H3. The fourth-order valence-electron chi connectivity index (χ4n) is 1.63. The zero-order valence-corrected chi connectivity index (χ0v) is 10.8. The van der Waals surface area contributed by atoms with Crippen LogP contribution in [0.15, 0.2) is 18.2 Å². The SMILES string of the molecule is CC1CNC(c2c(Cl)cccc2Cl)SC1. The molecule has 0 amide bonds. The lowest BCUT2D eigenvalue weighted by Gasteiger charge is -2.28. The van der Waals surface area contributed by atoms with Crippen molar-refractivity contribution in [2.24, 2.45) is 5.92 Å². The van der Waals surface area contributed by atoms with Crippen molar-refractivity contribution >= 4 is 35.0 Å². The van der Waals surface area contributed by atoms with Crippen LogP contribution in [0.4, 0.5) is 0 Å². The topological polar surface area (TPSA) is 12.0 Å². The second-order valence-corrected chi connectivity index (χ2v) is 5.81. The van der Waals surface area contributed by atoms with E-state index < -0.39 is 0 Å². The predicted molar refractivity (Wildman–Crippen MR) is 68.8 cm³/mol. The van der Waals surface area contributed by atoms with E-state index in [9.17, 15) is 0 Å². The van der Waals surface area contributed by atoms with Crippen molar-refractivity contribution in [3.05, 3.63) is 33.8 Å². The first-order valence-electron chi connectivity index (χ1n) is 4.97.